The second kappa shape index (κ2) is 5.96. The highest BCUT2D eigenvalue weighted by molar-refractivity contribution is 7.17. The smallest absolute Gasteiger partial charge is 0.347 e. The standard InChI is InChI=1S/C16H19NO4S/c1-16(2,3)13-12(15(18)19)22-14(17-13)9-6-7-10(20-4)11(8-9)21-5/h6-8H,1-5H3,(H,18,19). The van der Waals surface area contributed by atoms with Gasteiger partial charge in [-0.3, -0.25) is 0 Å². The number of hydrogen-bond acceptors (Lipinski definition) is 5. The second-order valence-corrected chi connectivity index (χ2v) is 6.82. The molecular formula is C16H19NO4S. The molecule has 6 heteroatoms. The Morgan fingerprint density at radius 1 is 1.18 bits per heavy atom. The Morgan fingerprint density at radius 2 is 1.82 bits per heavy atom. The van der Waals surface area contributed by atoms with Crippen molar-refractivity contribution in [1.29, 1.82) is 0 Å². The third kappa shape index (κ3) is 3.06. The van der Waals surface area contributed by atoms with Crippen LogP contribution in [0.5, 0.6) is 11.5 Å². The van der Waals surface area contributed by atoms with E-state index in [9.17, 15) is 9.90 Å². The van der Waals surface area contributed by atoms with Crippen molar-refractivity contribution in [1.82, 2.24) is 4.98 Å². The molecule has 1 aromatic carbocycles. The number of hydrogen-bond donors (Lipinski definition) is 1. The van der Waals surface area contributed by atoms with Gasteiger partial charge in [0.1, 0.15) is 9.88 Å². The van der Waals surface area contributed by atoms with Gasteiger partial charge < -0.3 is 14.6 Å². The van der Waals surface area contributed by atoms with Crippen LogP contribution in [0.1, 0.15) is 36.1 Å². The summed E-state index contributed by atoms with van der Waals surface area (Å²) >= 11 is 1.17. The van der Waals surface area contributed by atoms with Gasteiger partial charge in [0.2, 0.25) is 0 Å². The zero-order chi connectivity index (χ0) is 16.5. The third-order valence-corrected chi connectivity index (χ3v) is 4.25. The molecule has 0 aliphatic rings. The highest BCUT2D eigenvalue weighted by Crippen LogP contribution is 2.37. The number of carbonyl (C=O) groups is 1. The van der Waals surface area contributed by atoms with Crippen LogP contribution in [0.25, 0.3) is 10.6 Å². The van der Waals surface area contributed by atoms with Crippen LogP contribution in [0, 0.1) is 0 Å². The highest BCUT2D eigenvalue weighted by atomic mass is 32.1. The molecule has 1 aromatic heterocycles. The van der Waals surface area contributed by atoms with Crippen molar-refractivity contribution in [2.24, 2.45) is 0 Å². The first-order valence-corrected chi connectivity index (χ1v) is 7.56. The summed E-state index contributed by atoms with van der Waals surface area (Å²) in [4.78, 5) is 16.3. The van der Waals surface area contributed by atoms with E-state index >= 15 is 0 Å². The van der Waals surface area contributed by atoms with Gasteiger partial charge in [-0.1, -0.05) is 20.8 Å². The molecule has 0 bridgehead atoms. The van der Waals surface area contributed by atoms with E-state index < -0.39 is 5.97 Å². The Bertz CT molecular complexity index is 701. The predicted molar refractivity (Wildman–Crippen MR) is 86.3 cm³/mol. The lowest BCUT2D eigenvalue weighted by atomic mass is 9.91. The van der Waals surface area contributed by atoms with Gasteiger partial charge in [-0.2, -0.15) is 0 Å². The number of aromatic nitrogens is 1. The zero-order valence-corrected chi connectivity index (χ0v) is 14.1. The fourth-order valence-corrected chi connectivity index (χ4v) is 3.18. The first-order chi connectivity index (χ1) is 10.3. The van der Waals surface area contributed by atoms with Gasteiger partial charge >= 0.3 is 5.97 Å². The van der Waals surface area contributed by atoms with Crippen molar-refractivity contribution in [3.63, 3.8) is 0 Å². The normalized spacial score (nSPS) is 11.3. The average molecular weight is 321 g/mol. The molecule has 118 valence electrons. The topological polar surface area (TPSA) is 68.7 Å². The van der Waals surface area contributed by atoms with E-state index in [4.69, 9.17) is 9.47 Å². The number of carboxylic acids is 1. The Labute approximate surface area is 133 Å². The van der Waals surface area contributed by atoms with E-state index in [1.165, 1.54) is 11.3 Å². The van der Waals surface area contributed by atoms with E-state index in [-0.39, 0.29) is 10.3 Å². The molecule has 22 heavy (non-hydrogen) atoms. The molecule has 0 unspecified atom stereocenters. The summed E-state index contributed by atoms with van der Waals surface area (Å²) in [5.41, 5.74) is 1.06. The summed E-state index contributed by atoms with van der Waals surface area (Å²) in [6.07, 6.45) is 0. The summed E-state index contributed by atoms with van der Waals surface area (Å²) in [7, 11) is 3.13. The SMILES string of the molecule is COc1ccc(-c2nc(C(C)(C)C)c(C(=O)O)s2)cc1OC. The van der Waals surface area contributed by atoms with Crippen LogP contribution in [0.15, 0.2) is 18.2 Å². The Balaban J connectivity index is 2.56. The quantitative estimate of drug-likeness (QED) is 0.927. The number of nitrogens with zero attached hydrogens (tertiary/aromatic N) is 1. The maximum Gasteiger partial charge on any atom is 0.347 e. The van der Waals surface area contributed by atoms with E-state index in [1.54, 1.807) is 26.4 Å². The van der Waals surface area contributed by atoms with Gasteiger partial charge in [-0.05, 0) is 18.2 Å². The lowest BCUT2D eigenvalue weighted by Gasteiger charge is -2.16. The predicted octanol–water partition coefficient (Wildman–Crippen LogP) is 3.82. The van der Waals surface area contributed by atoms with Crippen molar-refractivity contribution in [3.05, 3.63) is 28.8 Å². The van der Waals surface area contributed by atoms with Crippen molar-refractivity contribution >= 4 is 17.3 Å². The van der Waals surface area contributed by atoms with Gasteiger partial charge in [-0.25, -0.2) is 9.78 Å². The molecule has 0 radical (unpaired) electrons. The third-order valence-electron chi connectivity index (χ3n) is 3.16. The highest BCUT2D eigenvalue weighted by Gasteiger charge is 2.27. The fourth-order valence-electron chi connectivity index (χ4n) is 2.07. The Morgan fingerprint density at radius 3 is 2.27 bits per heavy atom. The Kier molecular flexibility index (Phi) is 4.42. The maximum absolute atomic E-state index is 11.5. The van der Waals surface area contributed by atoms with Crippen molar-refractivity contribution in [2.45, 2.75) is 26.2 Å². The molecule has 0 spiro atoms. The largest absolute Gasteiger partial charge is 0.493 e. The number of benzene rings is 1. The molecule has 1 N–H and O–H groups in total. The van der Waals surface area contributed by atoms with Crippen LogP contribution >= 0.6 is 11.3 Å². The van der Waals surface area contributed by atoms with Crippen LogP contribution < -0.4 is 9.47 Å². The summed E-state index contributed by atoms with van der Waals surface area (Å²) in [5.74, 6) is 0.260. The minimum Gasteiger partial charge on any atom is -0.493 e. The first kappa shape index (κ1) is 16.3. The zero-order valence-electron chi connectivity index (χ0n) is 13.3. The van der Waals surface area contributed by atoms with E-state index in [0.29, 0.717) is 22.2 Å². The maximum atomic E-state index is 11.5. The molecule has 0 amide bonds. The first-order valence-electron chi connectivity index (χ1n) is 6.75. The van der Waals surface area contributed by atoms with E-state index in [2.05, 4.69) is 4.98 Å². The minimum atomic E-state index is -0.950. The van der Waals surface area contributed by atoms with Gasteiger partial charge in [0, 0.05) is 11.0 Å². The lowest BCUT2D eigenvalue weighted by molar-refractivity contribution is 0.0699. The van der Waals surface area contributed by atoms with Crippen LogP contribution in [0.4, 0.5) is 0 Å². The van der Waals surface area contributed by atoms with Crippen molar-refractivity contribution in [3.8, 4) is 22.1 Å². The molecule has 0 atom stereocenters. The van der Waals surface area contributed by atoms with Gasteiger partial charge in [-0.15, -0.1) is 11.3 Å². The molecular weight excluding hydrogens is 302 g/mol. The fraction of sp³-hybridized carbons (Fsp3) is 0.375. The number of carboxylic acid groups (broad SMARTS) is 1. The van der Waals surface area contributed by atoms with Gasteiger partial charge in [0.05, 0.1) is 19.9 Å². The second-order valence-electron chi connectivity index (χ2n) is 5.82. The van der Waals surface area contributed by atoms with E-state index in [1.807, 2.05) is 26.8 Å². The Hall–Kier alpha value is -2.08. The number of rotatable bonds is 4. The molecule has 0 saturated heterocycles. The molecule has 2 rings (SSSR count). The van der Waals surface area contributed by atoms with Crippen LogP contribution in [0.2, 0.25) is 0 Å². The van der Waals surface area contributed by atoms with E-state index in [0.717, 1.165) is 5.56 Å². The molecule has 2 aromatic rings. The number of thiazole rings is 1. The average Bonchev–Trinajstić information content (AvgIpc) is 2.92. The number of ether oxygens (including phenoxy) is 2. The van der Waals surface area contributed by atoms with Crippen molar-refractivity contribution < 1.29 is 19.4 Å². The molecule has 0 aliphatic carbocycles. The van der Waals surface area contributed by atoms with Crippen molar-refractivity contribution in [2.75, 3.05) is 14.2 Å². The van der Waals surface area contributed by atoms with Crippen LogP contribution in [-0.4, -0.2) is 30.3 Å². The summed E-state index contributed by atoms with van der Waals surface area (Å²) in [6, 6.07) is 5.43. The van der Waals surface area contributed by atoms with Crippen LogP contribution in [-0.2, 0) is 5.41 Å². The number of methoxy groups -OCH3 is 2. The van der Waals surface area contributed by atoms with Gasteiger partial charge in [0.25, 0.3) is 0 Å². The molecule has 0 aliphatic heterocycles. The molecule has 0 fully saturated rings. The molecule has 5 nitrogen and oxygen atoms in total. The lowest BCUT2D eigenvalue weighted by Crippen LogP contribution is -2.16. The number of aromatic carboxylic acids is 1. The molecule has 1 heterocycles. The van der Waals surface area contributed by atoms with Gasteiger partial charge in [0.15, 0.2) is 11.5 Å². The monoisotopic (exact) mass is 321 g/mol. The summed E-state index contributed by atoms with van der Waals surface area (Å²) < 4.78 is 10.5. The minimum absolute atomic E-state index is 0.275. The summed E-state index contributed by atoms with van der Waals surface area (Å²) in [5, 5.41) is 10.1. The van der Waals surface area contributed by atoms with Crippen LogP contribution in [0.3, 0.4) is 0 Å². The summed E-state index contributed by atoms with van der Waals surface area (Å²) in [6.45, 7) is 5.85. The molecule has 0 saturated carbocycles.